The van der Waals surface area contributed by atoms with Crippen LogP contribution in [0.3, 0.4) is 0 Å². The molecule has 0 aliphatic heterocycles. The molecule has 2 N–H and O–H groups in total. The van der Waals surface area contributed by atoms with E-state index in [-0.39, 0.29) is 11.8 Å². The van der Waals surface area contributed by atoms with Crippen molar-refractivity contribution in [1.82, 2.24) is 10.3 Å². The number of hydrogen-bond donors (Lipinski definition) is 2. The lowest BCUT2D eigenvalue weighted by molar-refractivity contribution is -0.122. The highest BCUT2D eigenvalue weighted by atomic mass is 16.5. The van der Waals surface area contributed by atoms with Crippen LogP contribution in [-0.4, -0.2) is 22.9 Å². The number of aryl methyl sites for hydroxylation is 2. The third-order valence-electron chi connectivity index (χ3n) is 5.61. The molecule has 0 unspecified atom stereocenters. The molecule has 1 aromatic heterocycles. The SMILES string of the molecule is C[C@@H](Oc1ccc2c(c1)CCCC2)C(=O)Nc1ccccc1C(=O)NCc1cccnc1. The molecule has 32 heavy (non-hydrogen) atoms. The van der Waals surface area contributed by atoms with Crippen LogP contribution < -0.4 is 15.4 Å². The normalized spacial score (nSPS) is 13.5. The minimum absolute atomic E-state index is 0.270. The quantitative estimate of drug-likeness (QED) is 0.587. The van der Waals surface area contributed by atoms with E-state index < -0.39 is 6.10 Å². The Labute approximate surface area is 188 Å². The number of anilines is 1. The Morgan fingerprint density at radius 3 is 2.66 bits per heavy atom. The second kappa shape index (κ2) is 10.1. The predicted molar refractivity (Wildman–Crippen MR) is 124 cm³/mol. The van der Waals surface area contributed by atoms with E-state index in [1.54, 1.807) is 43.6 Å². The number of benzene rings is 2. The van der Waals surface area contributed by atoms with Crippen molar-refractivity contribution < 1.29 is 14.3 Å². The molecule has 1 atom stereocenters. The minimum Gasteiger partial charge on any atom is -0.481 e. The minimum atomic E-state index is -0.705. The van der Waals surface area contributed by atoms with E-state index in [0.717, 1.165) is 18.4 Å². The standard InChI is InChI=1S/C26H27N3O3/c1-18(32-22-13-12-20-8-2-3-9-21(20)15-22)25(30)29-24-11-5-4-10-23(24)26(31)28-17-19-7-6-14-27-16-19/h4-7,10-16,18H,2-3,8-9,17H2,1H3,(H,28,31)(H,29,30)/t18-/m1/s1. The first-order valence-electron chi connectivity index (χ1n) is 11.0. The van der Waals surface area contributed by atoms with E-state index in [2.05, 4.69) is 21.7 Å². The van der Waals surface area contributed by atoms with Crippen molar-refractivity contribution in [3.8, 4) is 5.75 Å². The highest BCUT2D eigenvalue weighted by molar-refractivity contribution is 6.04. The highest BCUT2D eigenvalue weighted by Crippen LogP contribution is 2.26. The van der Waals surface area contributed by atoms with Gasteiger partial charge in [-0.1, -0.05) is 24.3 Å². The number of para-hydroxylation sites is 1. The van der Waals surface area contributed by atoms with Crippen molar-refractivity contribution in [2.45, 2.75) is 45.3 Å². The average Bonchev–Trinajstić information content (AvgIpc) is 2.83. The Morgan fingerprint density at radius 2 is 1.84 bits per heavy atom. The van der Waals surface area contributed by atoms with Crippen molar-refractivity contribution in [2.24, 2.45) is 0 Å². The second-order valence-corrected chi connectivity index (χ2v) is 7.98. The summed E-state index contributed by atoms with van der Waals surface area (Å²) in [5.74, 6) is 0.110. The summed E-state index contributed by atoms with van der Waals surface area (Å²) in [7, 11) is 0. The van der Waals surface area contributed by atoms with Crippen LogP contribution in [0.2, 0.25) is 0 Å². The number of fused-ring (bicyclic) bond motifs is 1. The molecule has 1 aliphatic rings. The fraction of sp³-hybridized carbons (Fsp3) is 0.269. The van der Waals surface area contributed by atoms with Gasteiger partial charge in [0.2, 0.25) is 0 Å². The molecular formula is C26H27N3O3. The van der Waals surface area contributed by atoms with Crippen molar-refractivity contribution in [3.63, 3.8) is 0 Å². The summed E-state index contributed by atoms with van der Waals surface area (Å²) in [6.45, 7) is 2.06. The summed E-state index contributed by atoms with van der Waals surface area (Å²) in [4.78, 5) is 29.5. The zero-order valence-corrected chi connectivity index (χ0v) is 18.1. The first kappa shape index (κ1) is 21.6. The fourth-order valence-corrected chi connectivity index (χ4v) is 3.85. The second-order valence-electron chi connectivity index (χ2n) is 7.98. The maximum absolute atomic E-state index is 12.8. The van der Waals surface area contributed by atoms with Crippen molar-refractivity contribution in [3.05, 3.63) is 89.2 Å². The number of nitrogens with zero attached hydrogens (tertiary/aromatic N) is 1. The number of rotatable bonds is 7. The summed E-state index contributed by atoms with van der Waals surface area (Å²) >= 11 is 0. The lowest BCUT2D eigenvalue weighted by Crippen LogP contribution is -2.31. The topological polar surface area (TPSA) is 80.3 Å². The van der Waals surface area contributed by atoms with E-state index in [4.69, 9.17) is 4.74 Å². The Kier molecular flexibility index (Phi) is 6.80. The van der Waals surface area contributed by atoms with Gasteiger partial charge < -0.3 is 15.4 Å². The van der Waals surface area contributed by atoms with Gasteiger partial charge in [-0.15, -0.1) is 0 Å². The third kappa shape index (κ3) is 5.32. The average molecular weight is 430 g/mol. The molecule has 0 saturated carbocycles. The van der Waals surface area contributed by atoms with E-state index in [1.165, 1.54) is 24.0 Å². The maximum atomic E-state index is 12.8. The van der Waals surface area contributed by atoms with Gasteiger partial charge >= 0.3 is 0 Å². The van der Waals surface area contributed by atoms with Crippen LogP contribution in [0, 0.1) is 0 Å². The summed E-state index contributed by atoms with van der Waals surface area (Å²) < 4.78 is 5.90. The molecule has 6 heteroatoms. The molecular weight excluding hydrogens is 402 g/mol. The van der Waals surface area contributed by atoms with Crippen molar-refractivity contribution in [1.29, 1.82) is 0 Å². The smallest absolute Gasteiger partial charge is 0.265 e. The molecule has 2 aromatic carbocycles. The summed E-state index contributed by atoms with van der Waals surface area (Å²) in [5.41, 5.74) is 4.41. The van der Waals surface area contributed by atoms with E-state index in [9.17, 15) is 9.59 Å². The summed E-state index contributed by atoms with van der Waals surface area (Å²) in [6, 6.07) is 16.7. The largest absolute Gasteiger partial charge is 0.481 e. The Hall–Kier alpha value is -3.67. The Balaban J connectivity index is 1.39. The Bertz CT molecular complexity index is 1100. The first-order valence-corrected chi connectivity index (χ1v) is 11.0. The summed E-state index contributed by atoms with van der Waals surface area (Å²) in [5, 5.41) is 5.70. The van der Waals surface area contributed by atoms with E-state index in [1.807, 2.05) is 24.3 Å². The van der Waals surface area contributed by atoms with Crippen molar-refractivity contribution >= 4 is 17.5 Å². The van der Waals surface area contributed by atoms with Crippen LogP contribution in [-0.2, 0) is 24.2 Å². The number of carbonyl (C=O) groups excluding carboxylic acids is 2. The van der Waals surface area contributed by atoms with Crippen molar-refractivity contribution in [2.75, 3.05) is 5.32 Å². The molecule has 3 aromatic rings. The molecule has 0 spiro atoms. The molecule has 1 aliphatic carbocycles. The molecule has 4 rings (SSSR count). The lowest BCUT2D eigenvalue weighted by atomic mass is 9.92. The van der Waals surface area contributed by atoms with Gasteiger partial charge in [0, 0.05) is 18.9 Å². The van der Waals surface area contributed by atoms with E-state index >= 15 is 0 Å². The maximum Gasteiger partial charge on any atom is 0.265 e. The van der Waals surface area contributed by atoms with Gasteiger partial charge in [0.05, 0.1) is 11.3 Å². The van der Waals surface area contributed by atoms with Crippen LogP contribution >= 0.6 is 0 Å². The molecule has 6 nitrogen and oxygen atoms in total. The lowest BCUT2D eigenvalue weighted by Gasteiger charge is -2.19. The van der Waals surface area contributed by atoms with Crippen LogP contribution in [0.5, 0.6) is 5.75 Å². The number of nitrogens with one attached hydrogen (secondary N) is 2. The van der Waals surface area contributed by atoms with Gasteiger partial charge in [0.1, 0.15) is 5.75 Å². The van der Waals surface area contributed by atoms with Gasteiger partial charge in [0.25, 0.3) is 11.8 Å². The molecule has 0 saturated heterocycles. The molecule has 0 fully saturated rings. The van der Waals surface area contributed by atoms with Gasteiger partial charge in [0.15, 0.2) is 6.10 Å². The molecule has 1 heterocycles. The van der Waals surface area contributed by atoms with Crippen LogP contribution in [0.4, 0.5) is 5.69 Å². The third-order valence-corrected chi connectivity index (χ3v) is 5.61. The van der Waals surface area contributed by atoms with Gasteiger partial charge in [-0.05, 0) is 79.6 Å². The number of ether oxygens (including phenoxy) is 1. The van der Waals surface area contributed by atoms with Crippen LogP contribution in [0.1, 0.15) is 46.8 Å². The van der Waals surface area contributed by atoms with Gasteiger partial charge in [-0.25, -0.2) is 0 Å². The molecule has 164 valence electrons. The molecule has 0 bridgehead atoms. The Morgan fingerprint density at radius 1 is 1.03 bits per heavy atom. The van der Waals surface area contributed by atoms with Crippen LogP contribution in [0.15, 0.2) is 67.0 Å². The fourth-order valence-electron chi connectivity index (χ4n) is 3.85. The number of amides is 2. The first-order chi connectivity index (χ1) is 15.6. The zero-order valence-electron chi connectivity index (χ0n) is 18.1. The van der Waals surface area contributed by atoms with Gasteiger partial charge in [-0.3, -0.25) is 14.6 Å². The van der Waals surface area contributed by atoms with Crippen LogP contribution in [0.25, 0.3) is 0 Å². The summed E-state index contributed by atoms with van der Waals surface area (Å²) in [6.07, 6.45) is 7.24. The highest BCUT2D eigenvalue weighted by Gasteiger charge is 2.19. The monoisotopic (exact) mass is 429 g/mol. The molecule has 2 amide bonds. The van der Waals surface area contributed by atoms with E-state index in [0.29, 0.717) is 23.5 Å². The number of carbonyl (C=O) groups is 2. The number of aromatic nitrogens is 1. The zero-order chi connectivity index (χ0) is 22.3. The predicted octanol–water partition coefficient (Wildman–Crippen LogP) is 4.30. The number of hydrogen-bond acceptors (Lipinski definition) is 4. The molecule has 0 radical (unpaired) electrons. The number of pyridine rings is 1. The van der Waals surface area contributed by atoms with Gasteiger partial charge in [-0.2, -0.15) is 0 Å².